The van der Waals surface area contributed by atoms with Crippen molar-refractivity contribution in [3.63, 3.8) is 0 Å². The zero-order valence-electron chi connectivity index (χ0n) is 8.35. The highest BCUT2D eigenvalue weighted by atomic mass is 35.5. The van der Waals surface area contributed by atoms with Crippen molar-refractivity contribution < 1.29 is 0 Å². The van der Waals surface area contributed by atoms with Gasteiger partial charge in [0.25, 0.3) is 0 Å². The number of alkyl halides is 1. The molecule has 1 aromatic rings. The highest BCUT2D eigenvalue weighted by molar-refractivity contribution is 7.11. The van der Waals surface area contributed by atoms with Gasteiger partial charge in [-0.25, -0.2) is 0 Å². The van der Waals surface area contributed by atoms with Crippen molar-refractivity contribution in [2.45, 2.75) is 33.1 Å². The number of hydrogen-bond donors (Lipinski definition) is 0. The third-order valence-corrected chi connectivity index (χ3v) is 4.03. The molecule has 0 bridgehead atoms. The molecule has 74 valence electrons. The zero-order chi connectivity index (χ0) is 9.68. The molecule has 0 fully saturated rings. The van der Waals surface area contributed by atoms with Crippen molar-refractivity contribution >= 4 is 22.9 Å². The molecular weight excluding hydrogens is 200 g/mol. The van der Waals surface area contributed by atoms with Gasteiger partial charge in [0.05, 0.1) is 0 Å². The van der Waals surface area contributed by atoms with Crippen molar-refractivity contribution in [2.24, 2.45) is 5.92 Å². The lowest BCUT2D eigenvalue weighted by Gasteiger charge is -2.04. The Kier molecular flexibility index (Phi) is 4.82. The highest BCUT2D eigenvalue weighted by Gasteiger charge is 2.02. The zero-order valence-corrected chi connectivity index (χ0v) is 9.92. The van der Waals surface area contributed by atoms with Crippen molar-refractivity contribution in [1.82, 2.24) is 0 Å². The predicted octanol–water partition coefficient (Wildman–Crippen LogP) is 4.12. The van der Waals surface area contributed by atoms with Crippen LogP contribution >= 0.6 is 22.9 Å². The topological polar surface area (TPSA) is 0 Å². The molecule has 0 saturated heterocycles. The minimum absolute atomic E-state index is 0.647. The molecular formula is C11H17ClS. The largest absolute Gasteiger partial charge is 0.145 e. The number of aryl methyl sites for hydroxylation is 2. The van der Waals surface area contributed by atoms with Gasteiger partial charge in [-0.15, -0.1) is 22.9 Å². The molecule has 0 N–H and O–H groups in total. The van der Waals surface area contributed by atoms with Crippen LogP contribution in [0.5, 0.6) is 0 Å². The summed E-state index contributed by atoms with van der Waals surface area (Å²) >= 11 is 7.70. The molecule has 0 spiro atoms. The Hall–Kier alpha value is -0.0100. The maximum atomic E-state index is 5.75. The lowest BCUT2D eigenvalue weighted by Crippen LogP contribution is -1.97. The van der Waals surface area contributed by atoms with Gasteiger partial charge in [-0.1, -0.05) is 13.8 Å². The molecule has 13 heavy (non-hydrogen) atoms. The van der Waals surface area contributed by atoms with Crippen LogP contribution in [0.1, 0.15) is 30.0 Å². The molecule has 1 atom stereocenters. The Morgan fingerprint density at radius 3 is 2.62 bits per heavy atom. The van der Waals surface area contributed by atoms with Gasteiger partial charge in [0.15, 0.2) is 0 Å². The Morgan fingerprint density at radius 2 is 2.08 bits per heavy atom. The minimum atomic E-state index is 0.647. The fourth-order valence-corrected chi connectivity index (χ4v) is 2.34. The van der Waals surface area contributed by atoms with Gasteiger partial charge in [0.2, 0.25) is 0 Å². The molecule has 0 aliphatic carbocycles. The van der Waals surface area contributed by atoms with Crippen LogP contribution in [-0.4, -0.2) is 5.88 Å². The van der Waals surface area contributed by atoms with Crippen molar-refractivity contribution in [1.29, 1.82) is 0 Å². The van der Waals surface area contributed by atoms with Gasteiger partial charge in [0.1, 0.15) is 0 Å². The Bertz CT molecular complexity index is 242. The van der Waals surface area contributed by atoms with E-state index in [0.29, 0.717) is 5.92 Å². The van der Waals surface area contributed by atoms with E-state index >= 15 is 0 Å². The first-order valence-corrected chi connectivity index (χ1v) is 6.25. The van der Waals surface area contributed by atoms with Gasteiger partial charge in [-0.05, 0) is 37.3 Å². The van der Waals surface area contributed by atoms with Crippen LogP contribution in [0.2, 0.25) is 0 Å². The van der Waals surface area contributed by atoms with Crippen LogP contribution in [0.4, 0.5) is 0 Å². The lowest BCUT2D eigenvalue weighted by molar-refractivity contribution is 0.596. The molecule has 0 aromatic carbocycles. The van der Waals surface area contributed by atoms with E-state index < -0.39 is 0 Å². The second kappa shape index (κ2) is 5.66. The van der Waals surface area contributed by atoms with Gasteiger partial charge in [-0.2, -0.15) is 0 Å². The van der Waals surface area contributed by atoms with Gasteiger partial charge >= 0.3 is 0 Å². The van der Waals surface area contributed by atoms with Crippen molar-refractivity contribution in [3.05, 3.63) is 21.9 Å². The van der Waals surface area contributed by atoms with Gasteiger partial charge < -0.3 is 0 Å². The highest BCUT2D eigenvalue weighted by Crippen LogP contribution is 2.20. The fourth-order valence-electron chi connectivity index (χ4n) is 1.21. The summed E-state index contributed by atoms with van der Waals surface area (Å²) in [4.78, 5) is 3.00. The molecule has 0 saturated carbocycles. The Balaban J connectivity index is 2.36. The SMILES string of the molecule is CCc1ccc(CCC(C)CCl)s1. The Labute approximate surface area is 89.9 Å². The maximum Gasteiger partial charge on any atom is 0.0249 e. The summed E-state index contributed by atoms with van der Waals surface area (Å²) in [5.74, 6) is 1.43. The standard InChI is InChI=1S/C11H17ClS/c1-3-10-6-7-11(13-10)5-4-9(2)8-12/h6-7,9H,3-5,8H2,1-2H3. The summed E-state index contributed by atoms with van der Waals surface area (Å²) in [5, 5.41) is 0. The minimum Gasteiger partial charge on any atom is -0.145 e. The smallest absolute Gasteiger partial charge is 0.0249 e. The predicted molar refractivity (Wildman–Crippen MR) is 61.9 cm³/mol. The van der Waals surface area contributed by atoms with Crippen LogP contribution in [0.15, 0.2) is 12.1 Å². The third-order valence-electron chi connectivity index (χ3n) is 2.21. The second-order valence-corrected chi connectivity index (χ2v) is 5.08. The van der Waals surface area contributed by atoms with E-state index in [1.807, 2.05) is 11.3 Å². The Morgan fingerprint density at radius 1 is 1.38 bits per heavy atom. The first-order valence-electron chi connectivity index (χ1n) is 4.89. The van der Waals surface area contributed by atoms with E-state index in [9.17, 15) is 0 Å². The van der Waals surface area contributed by atoms with Crippen LogP contribution in [0, 0.1) is 5.92 Å². The summed E-state index contributed by atoms with van der Waals surface area (Å²) in [6.45, 7) is 4.42. The molecule has 1 unspecified atom stereocenters. The molecule has 0 aliphatic heterocycles. The normalized spacial score (nSPS) is 13.2. The molecule has 1 aromatic heterocycles. The number of halogens is 1. The quantitative estimate of drug-likeness (QED) is 0.650. The van der Waals surface area contributed by atoms with E-state index in [4.69, 9.17) is 11.6 Å². The number of hydrogen-bond acceptors (Lipinski definition) is 1. The molecule has 0 aliphatic rings. The summed E-state index contributed by atoms with van der Waals surface area (Å²) in [7, 11) is 0. The van der Waals surface area contributed by atoms with Crippen molar-refractivity contribution in [3.8, 4) is 0 Å². The number of rotatable bonds is 5. The fraction of sp³-hybridized carbons (Fsp3) is 0.636. The molecule has 0 radical (unpaired) electrons. The van der Waals surface area contributed by atoms with E-state index in [1.54, 1.807) is 0 Å². The molecule has 2 heteroatoms. The first kappa shape index (κ1) is 11.1. The second-order valence-electron chi connectivity index (χ2n) is 3.52. The molecule has 0 nitrogen and oxygen atoms in total. The summed E-state index contributed by atoms with van der Waals surface area (Å²) in [6, 6.07) is 4.50. The van der Waals surface area contributed by atoms with E-state index in [1.165, 1.54) is 22.6 Å². The lowest BCUT2D eigenvalue weighted by atomic mass is 10.1. The average molecular weight is 217 g/mol. The van der Waals surface area contributed by atoms with E-state index in [0.717, 1.165) is 12.3 Å². The van der Waals surface area contributed by atoms with Gasteiger partial charge in [0, 0.05) is 15.6 Å². The molecule has 1 rings (SSSR count). The van der Waals surface area contributed by atoms with Crippen LogP contribution in [0.3, 0.4) is 0 Å². The summed E-state index contributed by atoms with van der Waals surface area (Å²) < 4.78 is 0. The van der Waals surface area contributed by atoms with Crippen LogP contribution in [-0.2, 0) is 12.8 Å². The van der Waals surface area contributed by atoms with E-state index in [-0.39, 0.29) is 0 Å². The maximum absolute atomic E-state index is 5.75. The van der Waals surface area contributed by atoms with Crippen LogP contribution < -0.4 is 0 Å². The molecule has 1 heterocycles. The number of thiophene rings is 1. The monoisotopic (exact) mass is 216 g/mol. The van der Waals surface area contributed by atoms with E-state index in [2.05, 4.69) is 26.0 Å². The van der Waals surface area contributed by atoms with Gasteiger partial charge in [-0.3, -0.25) is 0 Å². The summed E-state index contributed by atoms with van der Waals surface area (Å²) in [5.41, 5.74) is 0. The average Bonchev–Trinajstić information content (AvgIpc) is 2.61. The first-order chi connectivity index (χ1) is 6.26. The van der Waals surface area contributed by atoms with Crippen LogP contribution in [0.25, 0.3) is 0 Å². The summed E-state index contributed by atoms with van der Waals surface area (Å²) in [6.07, 6.45) is 3.57. The third kappa shape index (κ3) is 3.70. The molecule has 0 amide bonds. The van der Waals surface area contributed by atoms with Crippen molar-refractivity contribution in [2.75, 3.05) is 5.88 Å².